The number of hydrogen-bond acceptors (Lipinski definition) is 2. The SMILES string of the molecule is Oc1ccc(-c2cccc3cc4ccccc4cc23)cc1.c1ccsc1. The molecule has 0 radical (unpaired) electrons. The quantitative estimate of drug-likeness (QED) is 0.318. The van der Waals surface area contributed by atoms with Crippen LogP contribution in [0.2, 0.25) is 0 Å². The number of rotatable bonds is 1. The third-order valence-electron chi connectivity index (χ3n) is 4.35. The molecule has 0 saturated heterocycles. The van der Waals surface area contributed by atoms with Gasteiger partial charge in [0.25, 0.3) is 0 Å². The molecule has 0 amide bonds. The summed E-state index contributed by atoms with van der Waals surface area (Å²) in [5.41, 5.74) is 2.31. The highest BCUT2D eigenvalue weighted by atomic mass is 32.1. The monoisotopic (exact) mass is 354 g/mol. The highest BCUT2D eigenvalue weighted by molar-refractivity contribution is 7.07. The second-order valence-electron chi connectivity index (χ2n) is 6.07. The largest absolute Gasteiger partial charge is 0.508 e. The zero-order valence-electron chi connectivity index (χ0n) is 14.2. The molecule has 0 fully saturated rings. The fraction of sp³-hybridized carbons (Fsp3) is 0. The number of fused-ring (bicyclic) bond motifs is 2. The molecule has 0 bridgehead atoms. The van der Waals surface area contributed by atoms with Crippen LogP contribution in [0, 0.1) is 0 Å². The van der Waals surface area contributed by atoms with E-state index in [4.69, 9.17) is 0 Å². The number of aromatic hydroxyl groups is 1. The number of benzene rings is 4. The van der Waals surface area contributed by atoms with Crippen molar-refractivity contribution in [1.82, 2.24) is 0 Å². The Kier molecular flexibility index (Phi) is 4.67. The van der Waals surface area contributed by atoms with Crippen LogP contribution in [0.25, 0.3) is 32.7 Å². The van der Waals surface area contributed by atoms with Gasteiger partial charge in [0, 0.05) is 0 Å². The van der Waals surface area contributed by atoms with Crippen molar-refractivity contribution < 1.29 is 5.11 Å². The molecule has 0 spiro atoms. The molecule has 126 valence electrons. The van der Waals surface area contributed by atoms with Gasteiger partial charge in [-0.15, -0.1) is 0 Å². The smallest absolute Gasteiger partial charge is 0.115 e. The minimum Gasteiger partial charge on any atom is -0.508 e. The maximum Gasteiger partial charge on any atom is 0.115 e. The van der Waals surface area contributed by atoms with E-state index in [0.29, 0.717) is 5.75 Å². The fourth-order valence-electron chi connectivity index (χ4n) is 3.09. The summed E-state index contributed by atoms with van der Waals surface area (Å²) in [5, 5.41) is 18.5. The molecular weight excluding hydrogens is 336 g/mol. The van der Waals surface area contributed by atoms with Crippen LogP contribution < -0.4 is 0 Å². The average molecular weight is 354 g/mol. The summed E-state index contributed by atoms with van der Waals surface area (Å²) in [4.78, 5) is 0. The van der Waals surface area contributed by atoms with Crippen LogP contribution in [-0.4, -0.2) is 5.11 Å². The maximum absolute atomic E-state index is 9.46. The summed E-state index contributed by atoms with van der Waals surface area (Å²) in [6.45, 7) is 0. The van der Waals surface area contributed by atoms with Gasteiger partial charge in [0.05, 0.1) is 0 Å². The number of phenols is 1. The molecule has 0 aliphatic rings. The highest BCUT2D eigenvalue weighted by Crippen LogP contribution is 2.32. The first-order valence-electron chi connectivity index (χ1n) is 8.49. The molecule has 0 unspecified atom stereocenters. The molecule has 0 saturated carbocycles. The van der Waals surface area contributed by atoms with Gasteiger partial charge in [-0.25, -0.2) is 0 Å². The lowest BCUT2D eigenvalue weighted by Crippen LogP contribution is -1.82. The summed E-state index contributed by atoms with van der Waals surface area (Å²) in [7, 11) is 0. The first-order valence-corrected chi connectivity index (χ1v) is 9.44. The van der Waals surface area contributed by atoms with Gasteiger partial charge in [-0.3, -0.25) is 0 Å². The van der Waals surface area contributed by atoms with E-state index in [0.717, 1.165) is 5.56 Å². The molecular formula is C24H18OS. The van der Waals surface area contributed by atoms with E-state index in [1.54, 1.807) is 23.5 Å². The molecule has 0 aliphatic carbocycles. The standard InChI is InChI=1S/C20H14O.C4H4S/c21-18-10-8-14(9-11-18)19-7-3-6-17-12-15-4-1-2-5-16(15)13-20(17)19;1-2-4-5-3-1/h1-13,21H;1-4H. The first kappa shape index (κ1) is 16.4. The second kappa shape index (κ2) is 7.42. The van der Waals surface area contributed by atoms with E-state index >= 15 is 0 Å². The van der Waals surface area contributed by atoms with Crippen LogP contribution in [0.5, 0.6) is 5.75 Å². The van der Waals surface area contributed by atoms with Gasteiger partial charge in [0.15, 0.2) is 0 Å². The molecule has 26 heavy (non-hydrogen) atoms. The van der Waals surface area contributed by atoms with E-state index in [9.17, 15) is 5.11 Å². The van der Waals surface area contributed by atoms with Crippen molar-refractivity contribution in [3.05, 3.63) is 102 Å². The van der Waals surface area contributed by atoms with Crippen LogP contribution in [0.1, 0.15) is 0 Å². The molecule has 5 aromatic rings. The number of phenolic OH excluding ortho intramolecular Hbond substituents is 1. The summed E-state index contributed by atoms with van der Waals surface area (Å²) < 4.78 is 0. The Balaban J connectivity index is 0.000000292. The molecule has 1 heterocycles. The highest BCUT2D eigenvalue weighted by Gasteiger charge is 2.05. The summed E-state index contributed by atoms with van der Waals surface area (Å²) in [5.74, 6) is 0.296. The Morgan fingerprint density at radius 2 is 1.23 bits per heavy atom. The molecule has 5 rings (SSSR count). The Morgan fingerprint density at radius 1 is 0.577 bits per heavy atom. The van der Waals surface area contributed by atoms with E-state index in [1.807, 2.05) is 35.0 Å². The van der Waals surface area contributed by atoms with Crippen molar-refractivity contribution >= 4 is 32.9 Å². The molecule has 0 atom stereocenters. The van der Waals surface area contributed by atoms with Crippen molar-refractivity contribution in [1.29, 1.82) is 0 Å². The van der Waals surface area contributed by atoms with E-state index in [2.05, 4.69) is 54.6 Å². The Bertz CT molecular complexity index is 1110. The first-order chi connectivity index (χ1) is 12.8. The third kappa shape index (κ3) is 3.46. The molecule has 1 aromatic heterocycles. The van der Waals surface area contributed by atoms with Crippen molar-refractivity contribution in [2.24, 2.45) is 0 Å². The topological polar surface area (TPSA) is 20.2 Å². The minimum absolute atomic E-state index is 0.296. The number of hydrogen-bond donors (Lipinski definition) is 1. The predicted octanol–water partition coefficient (Wildman–Crippen LogP) is 7.11. The maximum atomic E-state index is 9.46. The summed E-state index contributed by atoms with van der Waals surface area (Å²) in [6.07, 6.45) is 0. The minimum atomic E-state index is 0.296. The molecule has 1 N–H and O–H groups in total. The Hall–Kier alpha value is -3.10. The molecule has 4 aromatic carbocycles. The van der Waals surface area contributed by atoms with E-state index < -0.39 is 0 Å². The van der Waals surface area contributed by atoms with Crippen LogP contribution in [0.3, 0.4) is 0 Å². The van der Waals surface area contributed by atoms with Crippen molar-refractivity contribution in [3.8, 4) is 16.9 Å². The lowest BCUT2D eigenvalue weighted by atomic mass is 9.95. The van der Waals surface area contributed by atoms with Crippen LogP contribution in [-0.2, 0) is 0 Å². The Labute approximate surface area is 156 Å². The van der Waals surface area contributed by atoms with Gasteiger partial charge in [-0.1, -0.05) is 66.7 Å². The van der Waals surface area contributed by atoms with E-state index in [-0.39, 0.29) is 0 Å². The van der Waals surface area contributed by atoms with Gasteiger partial charge in [0.2, 0.25) is 0 Å². The summed E-state index contributed by atoms with van der Waals surface area (Å²) in [6, 6.07) is 30.7. The average Bonchev–Trinajstić information content (AvgIpc) is 3.27. The lowest BCUT2D eigenvalue weighted by molar-refractivity contribution is 0.475. The Morgan fingerprint density at radius 3 is 1.88 bits per heavy atom. The van der Waals surface area contributed by atoms with Gasteiger partial charge in [-0.05, 0) is 67.7 Å². The van der Waals surface area contributed by atoms with Crippen LogP contribution in [0.4, 0.5) is 0 Å². The third-order valence-corrected chi connectivity index (χ3v) is 4.98. The van der Waals surface area contributed by atoms with Gasteiger partial charge >= 0.3 is 0 Å². The molecule has 1 nitrogen and oxygen atoms in total. The van der Waals surface area contributed by atoms with E-state index in [1.165, 1.54) is 27.1 Å². The van der Waals surface area contributed by atoms with Crippen molar-refractivity contribution in [2.45, 2.75) is 0 Å². The zero-order valence-corrected chi connectivity index (χ0v) is 15.0. The van der Waals surface area contributed by atoms with Gasteiger partial charge < -0.3 is 5.11 Å². The lowest BCUT2D eigenvalue weighted by Gasteiger charge is -2.09. The van der Waals surface area contributed by atoms with Gasteiger partial charge in [-0.2, -0.15) is 11.3 Å². The van der Waals surface area contributed by atoms with Gasteiger partial charge in [0.1, 0.15) is 5.75 Å². The van der Waals surface area contributed by atoms with Crippen LogP contribution in [0.15, 0.2) is 102 Å². The number of thiophene rings is 1. The van der Waals surface area contributed by atoms with Crippen molar-refractivity contribution in [2.75, 3.05) is 0 Å². The molecule has 0 aliphatic heterocycles. The predicted molar refractivity (Wildman–Crippen MR) is 113 cm³/mol. The second-order valence-corrected chi connectivity index (χ2v) is 6.88. The molecule has 2 heteroatoms. The zero-order chi connectivity index (χ0) is 17.8. The van der Waals surface area contributed by atoms with Crippen molar-refractivity contribution in [3.63, 3.8) is 0 Å². The summed E-state index contributed by atoms with van der Waals surface area (Å²) >= 11 is 1.71. The fourth-order valence-corrected chi connectivity index (χ4v) is 3.54. The normalized spacial score (nSPS) is 10.5. The van der Waals surface area contributed by atoms with Crippen LogP contribution >= 0.6 is 11.3 Å².